The Morgan fingerprint density at radius 2 is 1.93 bits per heavy atom. The van der Waals surface area contributed by atoms with E-state index in [4.69, 9.17) is 4.74 Å². The van der Waals surface area contributed by atoms with Gasteiger partial charge in [0.05, 0.1) is 5.92 Å². The molecule has 0 rings (SSSR count). The van der Waals surface area contributed by atoms with Crippen molar-refractivity contribution in [2.24, 2.45) is 11.8 Å². The SMILES string of the molecule is CCC[C@@H](C)C(=O)C(C)C(CC)OC=O. The highest BCUT2D eigenvalue weighted by Crippen LogP contribution is 2.18. The van der Waals surface area contributed by atoms with E-state index in [-0.39, 0.29) is 23.7 Å². The van der Waals surface area contributed by atoms with Crippen molar-refractivity contribution >= 4 is 12.3 Å². The topological polar surface area (TPSA) is 43.4 Å². The van der Waals surface area contributed by atoms with Gasteiger partial charge in [0.25, 0.3) is 6.47 Å². The van der Waals surface area contributed by atoms with Crippen molar-refractivity contribution < 1.29 is 14.3 Å². The molecule has 0 N–H and O–H groups in total. The van der Waals surface area contributed by atoms with E-state index in [1.807, 2.05) is 20.8 Å². The van der Waals surface area contributed by atoms with Gasteiger partial charge in [0.2, 0.25) is 0 Å². The van der Waals surface area contributed by atoms with Crippen molar-refractivity contribution in [1.82, 2.24) is 0 Å². The summed E-state index contributed by atoms with van der Waals surface area (Å²) in [5.74, 6) is 0.0709. The molecule has 0 saturated heterocycles. The number of Topliss-reactive ketones (excluding diaryl/α,β-unsaturated/α-hetero) is 1. The van der Waals surface area contributed by atoms with Gasteiger partial charge in [-0.05, 0) is 12.8 Å². The van der Waals surface area contributed by atoms with Crippen LogP contribution in [0.2, 0.25) is 0 Å². The molecule has 0 aliphatic heterocycles. The Morgan fingerprint density at radius 3 is 2.33 bits per heavy atom. The lowest BCUT2D eigenvalue weighted by atomic mass is 9.88. The van der Waals surface area contributed by atoms with Gasteiger partial charge in [0.15, 0.2) is 0 Å². The summed E-state index contributed by atoms with van der Waals surface area (Å²) in [6.07, 6.45) is 2.32. The van der Waals surface area contributed by atoms with E-state index < -0.39 is 0 Å². The Bertz CT molecular complexity index is 201. The first-order chi connectivity index (χ1) is 7.08. The third kappa shape index (κ3) is 4.45. The molecule has 0 aromatic rings. The minimum Gasteiger partial charge on any atom is -0.464 e. The summed E-state index contributed by atoms with van der Waals surface area (Å²) in [6, 6.07) is 0. The maximum Gasteiger partial charge on any atom is 0.293 e. The van der Waals surface area contributed by atoms with Crippen LogP contribution in [0.1, 0.15) is 47.0 Å². The lowest BCUT2D eigenvalue weighted by molar-refractivity contribution is -0.141. The predicted octanol–water partition coefficient (Wildman–Crippen LogP) is 2.58. The first-order valence-electron chi connectivity index (χ1n) is 5.71. The number of hydrogen-bond donors (Lipinski definition) is 0. The summed E-state index contributed by atoms with van der Waals surface area (Å²) >= 11 is 0. The summed E-state index contributed by atoms with van der Waals surface area (Å²) in [5.41, 5.74) is 0. The van der Waals surface area contributed by atoms with Gasteiger partial charge in [0.1, 0.15) is 11.9 Å². The molecular formula is C12H22O3. The van der Waals surface area contributed by atoms with Crippen LogP contribution < -0.4 is 0 Å². The molecule has 2 unspecified atom stereocenters. The number of ketones is 1. The van der Waals surface area contributed by atoms with E-state index in [0.717, 1.165) is 12.8 Å². The standard InChI is InChI=1S/C12H22O3/c1-5-7-9(3)12(14)10(4)11(6-2)15-8-13/h8-11H,5-7H2,1-4H3/t9-,10?,11?/m1/s1. The number of carbonyl (C=O) groups excluding carboxylic acids is 2. The number of hydrogen-bond acceptors (Lipinski definition) is 3. The van der Waals surface area contributed by atoms with Gasteiger partial charge < -0.3 is 4.74 Å². The van der Waals surface area contributed by atoms with Crippen molar-refractivity contribution in [2.45, 2.75) is 53.1 Å². The average molecular weight is 214 g/mol. The van der Waals surface area contributed by atoms with E-state index >= 15 is 0 Å². The van der Waals surface area contributed by atoms with Crippen molar-refractivity contribution in [3.63, 3.8) is 0 Å². The molecular weight excluding hydrogens is 192 g/mol. The van der Waals surface area contributed by atoms with Crippen LogP contribution in [0.25, 0.3) is 0 Å². The van der Waals surface area contributed by atoms with Gasteiger partial charge in [-0.3, -0.25) is 9.59 Å². The van der Waals surface area contributed by atoms with Gasteiger partial charge in [-0.25, -0.2) is 0 Å². The van der Waals surface area contributed by atoms with Gasteiger partial charge >= 0.3 is 0 Å². The molecule has 0 aliphatic carbocycles. The van der Waals surface area contributed by atoms with Crippen LogP contribution >= 0.6 is 0 Å². The molecule has 0 spiro atoms. The lowest BCUT2D eigenvalue weighted by Gasteiger charge is -2.22. The third-order valence-corrected chi connectivity index (χ3v) is 2.85. The second kappa shape index (κ2) is 7.43. The van der Waals surface area contributed by atoms with Crippen LogP contribution in [0.3, 0.4) is 0 Å². The first-order valence-corrected chi connectivity index (χ1v) is 5.71. The van der Waals surface area contributed by atoms with Crippen molar-refractivity contribution in [2.75, 3.05) is 0 Å². The normalized spacial score (nSPS) is 16.5. The molecule has 0 bridgehead atoms. The lowest BCUT2D eigenvalue weighted by Crippen LogP contribution is -2.31. The Kier molecular flexibility index (Phi) is 7.01. The molecule has 15 heavy (non-hydrogen) atoms. The van der Waals surface area contributed by atoms with E-state index in [1.54, 1.807) is 0 Å². The van der Waals surface area contributed by atoms with Crippen LogP contribution in [0.4, 0.5) is 0 Å². The molecule has 0 radical (unpaired) electrons. The highest BCUT2D eigenvalue weighted by atomic mass is 16.5. The van der Waals surface area contributed by atoms with Crippen LogP contribution in [-0.4, -0.2) is 18.4 Å². The van der Waals surface area contributed by atoms with E-state index in [0.29, 0.717) is 12.9 Å². The first kappa shape index (κ1) is 14.1. The molecule has 0 amide bonds. The monoisotopic (exact) mass is 214 g/mol. The third-order valence-electron chi connectivity index (χ3n) is 2.85. The van der Waals surface area contributed by atoms with Crippen LogP contribution in [0, 0.1) is 11.8 Å². The molecule has 0 aromatic heterocycles. The fraction of sp³-hybridized carbons (Fsp3) is 0.833. The van der Waals surface area contributed by atoms with Crippen molar-refractivity contribution in [3.8, 4) is 0 Å². The van der Waals surface area contributed by atoms with Crippen molar-refractivity contribution in [1.29, 1.82) is 0 Å². The van der Waals surface area contributed by atoms with Gasteiger partial charge in [-0.15, -0.1) is 0 Å². The summed E-state index contributed by atoms with van der Waals surface area (Å²) in [4.78, 5) is 22.2. The largest absolute Gasteiger partial charge is 0.464 e. The number of ether oxygens (including phenoxy) is 1. The fourth-order valence-electron chi connectivity index (χ4n) is 1.85. The second-order valence-electron chi connectivity index (χ2n) is 4.06. The molecule has 3 heteroatoms. The zero-order valence-corrected chi connectivity index (χ0v) is 10.2. The highest BCUT2D eigenvalue weighted by Gasteiger charge is 2.26. The molecule has 0 aromatic carbocycles. The smallest absolute Gasteiger partial charge is 0.293 e. The van der Waals surface area contributed by atoms with E-state index in [2.05, 4.69) is 6.92 Å². The summed E-state index contributed by atoms with van der Waals surface area (Å²) in [6.45, 7) is 8.20. The van der Waals surface area contributed by atoms with Crippen LogP contribution in [0.5, 0.6) is 0 Å². The van der Waals surface area contributed by atoms with Gasteiger partial charge in [0, 0.05) is 5.92 Å². The second-order valence-corrected chi connectivity index (χ2v) is 4.06. The fourth-order valence-corrected chi connectivity index (χ4v) is 1.85. The molecule has 0 heterocycles. The Balaban J connectivity index is 4.32. The Morgan fingerprint density at radius 1 is 1.33 bits per heavy atom. The quantitative estimate of drug-likeness (QED) is 0.583. The maximum atomic E-state index is 11.9. The molecule has 3 atom stereocenters. The summed E-state index contributed by atoms with van der Waals surface area (Å²) in [7, 11) is 0. The Hall–Kier alpha value is -0.860. The zero-order chi connectivity index (χ0) is 11.8. The Labute approximate surface area is 92.2 Å². The highest BCUT2D eigenvalue weighted by molar-refractivity contribution is 5.83. The minimum atomic E-state index is -0.269. The number of rotatable bonds is 8. The van der Waals surface area contributed by atoms with Crippen molar-refractivity contribution in [3.05, 3.63) is 0 Å². The molecule has 3 nitrogen and oxygen atoms in total. The van der Waals surface area contributed by atoms with Crippen LogP contribution in [0.15, 0.2) is 0 Å². The molecule has 0 fully saturated rings. The molecule has 0 saturated carbocycles. The van der Waals surface area contributed by atoms with E-state index in [1.165, 1.54) is 0 Å². The predicted molar refractivity (Wildman–Crippen MR) is 59.5 cm³/mol. The molecule has 0 aliphatic rings. The summed E-state index contributed by atoms with van der Waals surface area (Å²) in [5, 5.41) is 0. The molecule has 88 valence electrons. The van der Waals surface area contributed by atoms with Gasteiger partial charge in [-0.1, -0.05) is 34.1 Å². The maximum absolute atomic E-state index is 11.9. The number of carbonyl (C=O) groups is 2. The summed E-state index contributed by atoms with van der Waals surface area (Å²) < 4.78 is 4.90. The average Bonchev–Trinajstić information content (AvgIpc) is 2.24. The van der Waals surface area contributed by atoms with E-state index in [9.17, 15) is 9.59 Å². The van der Waals surface area contributed by atoms with Crippen LogP contribution in [-0.2, 0) is 14.3 Å². The minimum absolute atomic E-state index is 0.0642. The zero-order valence-electron chi connectivity index (χ0n) is 10.2. The van der Waals surface area contributed by atoms with Gasteiger partial charge in [-0.2, -0.15) is 0 Å².